The van der Waals surface area contributed by atoms with Crippen LogP contribution in [0.4, 0.5) is 10.2 Å². The number of anilines is 1. The van der Waals surface area contributed by atoms with Gasteiger partial charge in [0.15, 0.2) is 11.6 Å². The van der Waals surface area contributed by atoms with E-state index in [4.69, 9.17) is 9.72 Å². The summed E-state index contributed by atoms with van der Waals surface area (Å²) in [5, 5.41) is 1.09. The molecule has 7 rings (SSSR count). The Morgan fingerprint density at radius 1 is 1.11 bits per heavy atom. The van der Waals surface area contributed by atoms with Crippen molar-refractivity contribution in [1.29, 1.82) is 0 Å². The SMILES string of the molecule is COc1cc(F)cnc1N1CCN(C(=O)c2cc3c4c(ccn4C4(C)CCC4c4ncccc4-3)c2)CC1. The highest BCUT2D eigenvalue weighted by molar-refractivity contribution is 6.04. The van der Waals surface area contributed by atoms with Crippen molar-refractivity contribution in [1.82, 2.24) is 19.4 Å². The second-order valence-corrected chi connectivity index (χ2v) is 10.5. The average Bonchev–Trinajstić information content (AvgIpc) is 3.34. The normalized spacial score (nSPS) is 22.2. The molecule has 1 aromatic carbocycles. The molecular formula is C29H28FN5O2. The van der Waals surface area contributed by atoms with E-state index in [1.54, 1.807) is 0 Å². The predicted octanol–water partition coefficient (Wildman–Crippen LogP) is 4.81. The number of rotatable bonds is 3. The van der Waals surface area contributed by atoms with Crippen molar-refractivity contribution < 1.29 is 13.9 Å². The summed E-state index contributed by atoms with van der Waals surface area (Å²) in [6, 6.07) is 11.7. The monoisotopic (exact) mass is 497 g/mol. The third-order valence-corrected chi connectivity index (χ3v) is 8.62. The van der Waals surface area contributed by atoms with E-state index < -0.39 is 5.82 Å². The fourth-order valence-electron chi connectivity index (χ4n) is 6.49. The van der Waals surface area contributed by atoms with Crippen LogP contribution < -0.4 is 9.64 Å². The molecule has 4 aromatic rings. The first-order valence-corrected chi connectivity index (χ1v) is 12.8. The number of hydrogen-bond donors (Lipinski definition) is 0. The van der Waals surface area contributed by atoms with Gasteiger partial charge in [0.25, 0.3) is 5.91 Å². The summed E-state index contributed by atoms with van der Waals surface area (Å²) in [4.78, 5) is 26.7. The van der Waals surface area contributed by atoms with Gasteiger partial charge in [-0.3, -0.25) is 9.78 Å². The van der Waals surface area contributed by atoms with Crippen molar-refractivity contribution in [3.05, 3.63) is 72.1 Å². The maximum atomic E-state index is 13.7. The van der Waals surface area contributed by atoms with Gasteiger partial charge in [-0.1, -0.05) is 6.07 Å². The number of ether oxygens (including phenoxy) is 1. The van der Waals surface area contributed by atoms with E-state index in [2.05, 4.69) is 40.9 Å². The van der Waals surface area contributed by atoms with Crippen molar-refractivity contribution >= 4 is 22.6 Å². The summed E-state index contributed by atoms with van der Waals surface area (Å²) in [6.07, 6.45) is 7.51. The maximum Gasteiger partial charge on any atom is 0.254 e. The molecule has 2 fully saturated rings. The maximum absolute atomic E-state index is 13.7. The summed E-state index contributed by atoms with van der Waals surface area (Å²) in [5.74, 6) is 0.966. The zero-order valence-corrected chi connectivity index (χ0v) is 20.9. The van der Waals surface area contributed by atoms with Crippen LogP contribution >= 0.6 is 0 Å². The number of nitrogens with zero attached hydrogens (tertiary/aromatic N) is 5. The van der Waals surface area contributed by atoms with Crippen LogP contribution in [0.1, 0.15) is 41.7 Å². The van der Waals surface area contributed by atoms with Crippen LogP contribution in [0.15, 0.2) is 55.0 Å². The lowest BCUT2D eigenvalue weighted by Gasteiger charge is -2.47. The molecule has 8 heteroatoms. The fourth-order valence-corrected chi connectivity index (χ4v) is 6.49. The lowest BCUT2D eigenvalue weighted by Crippen LogP contribution is -2.49. The summed E-state index contributed by atoms with van der Waals surface area (Å²) >= 11 is 0. The zero-order valence-electron chi connectivity index (χ0n) is 20.9. The lowest BCUT2D eigenvalue weighted by molar-refractivity contribution is 0.0746. The molecule has 2 atom stereocenters. The van der Waals surface area contributed by atoms with Gasteiger partial charge in [-0.2, -0.15) is 0 Å². The molecule has 3 aromatic heterocycles. The van der Waals surface area contributed by atoms with Gasteiger partial charge < -0.3 is 19.1 Å². The van der Waals surface area contributed by atoms with E-state index >= 15 is 0 Å². The minimum atomic E-state index is -0.433. The Morgan fingerprint density at radius 2 is 1.95 bits per heavy atom. The Bertz CT molecular complexity index is 1560. The largest absolute Gasteiger partial charge is 0.493 e. The number of aromatic nitrogens is 3. The van der Waals surface area contributed by atoms with Crippen molar-refractivity contribution in [2.24, 2.45) is 0 Å². The van der Waals surface area contributed by atoms with E-state index in [1.165, 1.54) is 24.9 Å². The van der Waals surface area contributed by atoms with E-state index in [-0.39, 0.29) is 11.4 Å². The highest BCUT2D eigenvalue weighted by Gasteiger charge is 2.49. The van der Waals surface area contributed by atoms with Crippen molar-refractivity contribution in [2.75, 3.05) is 38.2 Å². The van der Waals surface area contributed by atoms with Gasteiger partial charge in [0.05, 0.1) is 30.1 Å². The molecule has 3 aliphatic rings. The minimum absolute atomic E-state index is 0.00734. The van der Waals surface area contributed by atoms with Crippen molar-refractivity contribution in [2.45, 2.75) is 31.2 Å². The smallest absolute Gasteiger partial charge is 0.254 e. The van der Waals surface area contributed by atoms with Gasteiger partial charge in [-0.05, 0) is 44.0 Å². The van der Waals surface area contributed by atoms with Crippen molar-refractivity contribution in [3.8, 4) is 16.9 Å². The quantitative estimate of drug-likeness (QED) is 0.406. The number of halogens is 1. The fraction of sp³-hybridized carbons (Fsp3) is 0.345. The Labute approximate surface area is 214 Å². The molecule has 0 bridgehead atoms. The predicted molar refractivity (Wildman–Crippen MR) is 140 cm³/mol. The van der Waals surface area contributed by atoms with Crippen LogP contribution in [0.25, 0.3) is 22.0 Å². The first-order chi connectivity index (χ1) is 18.0. The molecule has 0 N–H and O–H groups in total. The summed E-state index contributed by atoms with van der Waals surface area (Å²) < 4.78 is 21.4. The van der Waals surface area contributed by atoms with E-state index in [0.717, 1.165) is 35.0 Å². The molecule has 1 saturated carbocycles. The van der Waals surface area contributed by atoms with Gasteiger partial charge in [0, 0.05) is 72.6 Å². The molecule has 2 unspecified atom stereocenters. The van der Waals surface area contributed by atoms with Crippen LogP contribution in [-0.4, -0.2) is 58.6 Å². The first-order valence-electron chi connectivity index (χ1n) is 12.8. The molecule has 1 saturated heterocycles. The molecule has 0 radical (unpaired) electrons. The van der Waals surface area contributed by atoms with Crippen molar-refractivity contribution in [3.63, 3.8) is 0 Å². The van der Waals surface area contributed by atoms with Gasteiger partial charge in [-0.25, -0.2) is 9.37 Å². The second-order valence-electron chi connectivity index (χ2n) is 10.5. The summed E-state index contributed by atoms with van der Waals surface area (Å²) in [5.41, 5.74) is 5.25. The molecule has 5 heterocycles. The highest BCUT2D eigenvalue weighted by Crippen LogP contribution is 2.56. The topological polar surface area (TPSA) is 63.5 Å². The summed E-state index contributed by atoms with van der Waals surface area (Å²) in [7, 11) is 1.51. The van der Waals surface area contributed by atoms with Crippen LogP contribution in [0.2, 0.25) is 0 Å². The number of methoxy groups -OCH3 is 1. The van der Waals surface area contributed by atoms with Gasteiger partial charge in [0.2, 0.25) is 0 Å². The number of benzene rings is 1. The minimum Gasteiger partial charge on any atom is -0.493 e. The average molecular weight is 498 g/mol. The van der Waals surface area contributed by atoms with Crippen LogP contribution in [0, 0.1) is 5.82 Å². The van der Waals surface area contributed by atoms with Gasteiger partial charge >= 0.3 is 0 Å². The van der Waals surface area contributed by atoms with E-state index in [0.29, 0.717) is 49.2 Å². The number of hydrogen-bond acceptors (Lipinski definition) is 5. The van der Waals surface area contributed by atoms with E-state index in [1.807, 2.05) is 28.1 Å². The third-order valence-electron chi connectivity index (χ3n) is 8.62. The highest BCUT2D eigenvalue weighted by atomic mass is 19.1. The molecule has 7 nitrogen and oxygen atoms in total. The van der Waals surface area contributed by atoms with Crippen LogP contribution in [0.3, 0.4) is 0 Å². The molecule has 188 valence electrons. The van der Waals surface area contributed by atoms with Crippen LogP contribution in [-0.2, 0) is 5.54 Å². The number of amides is 1. The Balaban J connectivity index is 1.22. The van der Waals surface area contributed by atoms with Gasteiger partial charge in [0.1, 0.15) is 5.82 Å². The Morgan fingerprint density at radius 3 is 2.70 bits per heavy atom. The molecular weight excluding hydrogens is 469 g/mol. The number of fused-ring (bicyclic) bond motifs is 5. The molecule has 0 spiro atoms. The van der Waals surface area contributed by atoms with E-state index in [9.17, 15) is 9.18 Å². The number of pyridine rings is 2. The molecule has 2 aliphatic heterocycles. The lowest BCUT2D eigenvalue weighted by atomic mass is 9.65. The standard InChI is InChI=1S/C29H28FN5O2/c1-29-7-5-23(29)25-21(4-3-8-31-25)22-15-19(14-18-6-9-35(29)26(18)22)28(36)34-12-10-33(11-13-34)27-24(37-2)16-20(30)17-32-27/h3-4,6,8-9,14-17,23H,5,7,10-13H2,1-2H3. The van der Waals surface area contributed by atoms with Crippen LogP contribution in [0.5, 0.6) is 5.75 Å². The molecule has 1 aliphatic carbocycles. The zero-order chi connectivity index (χ0) is 25.3. The number of piperazine rings is 1. The molecule has 37 heavy (non-hydrogen) atoms. The third kappa shape index (κ3) is 3.21. The second kappa shape index (κ2) is 8.03. The first kappa shape index (κ1) is 22.3. The summed E-state index contributed by atoms with van der Waals surface area (Å²) in [6.45, 7) is 4.62. The Kier molecular flexibility index (Phi) is 4.83. The molecule has 1 amide bonds. The Hall–Kier alpha value is -3.94. The van der Waals surface area contributed by atoms with Gasteiger partial charge in [-0.15, -0.1) is 0 Å². The number of carbonyl (C=O) groups excluding carboxylic acids is 1. The number of carbonyl (C=O) groups is 1.